The molecule has 29 heavy (non-hydrogen) atoms. The molecule has 0 nitrogen and oxygen atoms in total. The van der Waals surface area contributed by atoms with Crippen LogP contribution in [-0.4, -0.2) is 0 Å². The molecular weight excluding hydrogens is 348 g/mol. The van der Waals surface area contributed by atoms with Crippen molar-refractivity contribution >= 4 is 17.2 Å². The van der Waals surface area contributed by atoms with Crippen molar-refractivity contribution in [3.63, 3.8) is 0 Å². The molecule has 4 rings (SSSR count). The summed E-state index contributed by atoms with van der Waals surface area (Å²) in [5.74, 6) is 0. The van der Waals surface area contributed by atoms with Gasteiger partial charge in [0.1, 0.15) is 0 Å². The Morgan fingerprint density at radius 2 is 1.00 bits per heavy atom. The first-order valence-electron chi connectivity index (χ1n) is 10.3. The van der Waals surface area contributed by atoms with Gasteiger partial charge in [0.25, 0.3) is 0 Å². The largest absolute Gasteiger partial charge is 0.0622 e. The van der Waals surface area contributed by atoms with E-state index in [0.717, 1.165) is 0 Å². The Kier molecular flexibility index (Phi) is 5.11. The van der Waals surface area contributed by atoms with Crippen molar-refractivity contribution in [2.45, 2.75) is 34.6 Å². The van der Waals surface area contributed by atoms with Crippen LogP contribution in [0.3, 0.4) is 0 Å². The van der Waals surface area contributed by atoms with E-state index in [9.17, 15) is 0 Å². The van der Waals surface area contributed by atoms with E-state index >= 15 is 0 Å². The molecule has 144 valence electrons. The Morgan fingerprint density at radius 1 is 0.517 bits per heavy atom. The van der Waals surface area contributed by atoms with Gasteiger partial charge in [-0.15, -0.1) is 0 Å². The fraction of sp³-hybridized carbons (Fsp3) is 0.172. The van der Waals surface area contributed by atoms with E-state index in [1.54, 1.807) is 0 Å². The van der Waals surface area contributed by atoms with E-state index < -0.39 is 0 Å². The lowest BCUT2D eigenvalue weighted by Crippen LogP contribution is -1.99. The fourth-order valence-corrected chi connectivity index (χ4v) is 4.21. The first-order valence-corrected chi connectivity index (χ1v) is 10.3. The quantitative estimate of drug-likeness (QED) is 0.437. The summed E-state index contributed by atoms with van der Waals surface area (Å²) in [6.07, 6.45) is 7.05. The standard InChI is InChI=1S/C29H28/c1-19-20(2)22(4)28(23(5)21(19)3)18-27-16-26(24-12-8-6-9-13-24)17-29(27)25-14-10-7-11-15-25/h6-18H,1-5H3/b27-18+. The highest BCUT2D eigenvalue weighted by Gasteiger charge is 2.17. The number of allylic oxidation sites excluding steroid dienone is 5. The molecule has 3 aromatic rings. The molecule has 0 atom stereocenters. The minimum Gasteiger partial charge on any atom is -0.0622 e. The monoisotopic (exact) mass is 376 g/mol. The van der Waals surface area contributed by atoms with Gasteiger partial charge in [0.15, 0.2) is 0 Å². The summed E-state index contributed by atoms with van der Waals surface area (Å²) in [6.45, 7) is 11.2. The Morgan fingerprint density at radius 3 is 1.55 bits per heavy atom. The highest BCUT2D eigenvalue weighted by Crippen LogP contribution is 2.38. The van der Waals surface area contributed by atoms with Crippen LogP contribution in [0.25, 0.3) is 17.2 Å². The first kappa shape index (κ1) is 19.2. The predicted octanol–water partition coefficient (Wildman–Crippen LogP) is 7.79. The molecule has 0 heteroatoms. The molecule has 0 heterocycles. The van der Waals surface area contributed by atoms with Gasteiger partial charge in [0.2, 0.25) is 0 Å². The molecule has 0 saturated heterocycles. The predicted molar refractivity (Wildman–Crippen MR) is 127 cm³/mol. The summed E-state index contributed by atoms with van der Waals surface area (Å²) < 4.78 is 0. The zero-order valence-corrected chi connectivity index (χ0v) is 18.0. The maximum absolute atomic E-state index is 2.39. The van der Waals surface area contributed by atoms with Crippen molar-refractivity contribution in [3.05, 3.63) is 123 Å². The molecule has 0 aliphatic heterocycles. The molecule has 0 spiro atoms. The second-order valence-electron chi connectivity index (χ2n) is 8.03. The Hall–Kier alpha value is -3.12. The maximum Gasteiger partial charge on any atom is -0.0105 e. The summed E-state index contributed by atoms with van der Waals surface area (Å²) in [4.78, 5) is 0. The van der Waals surface area contributed by atoms with E-state index in [-0.39, 0.29) is 0 Å². The van der Waals surface area contributed by atoms with Crippen LogP contribution in [-0.2, 0) is 0 Å². The third-order valence-electron chi connectivity index (χ3n) is 6.47. The molecule has 0 radical (unpaired) electrons. The van der Waals surface area contributed by atoms with Crippen LogP contribution in [0, 0.1) is 34.6 Å². The summed E-state index contributed by atoms with van der Waals surface area (Å²) in [6, 6.07) is 21.4. The highest BCUT2D eigenvalue weighted by atomic mass is 14.2. The smallest absolute Gasteiger partial charge is 0.0105 e. The van der Waals surface area contributed by atoms with Gasteiger partial charge in [-0.2, -0.15) is 0 Å². The number of hydrogen-bond acceptors (Lipinski definition) is 0. The zero-order valence-electron chi connectivity index (χ0n) is 18.0. The van der Waals surface area contributed by atoms with Crippen LogP contribution < -0.4 is 0 Å². The van der Waals surface area contributed by atoms with Gasteiger partial charge in [-0.25, -0.2) is 0 Å². The van der Waals surface area contributed by atoms with Gasteiger partial charge in [-0.1, -0.05) is 60.7 Å². The van der Waals surface area contributed by atoms with Gasteiger partial charge in [0, 0.05) is 0 Å². The molecule has 0 unspecified atom stereocenters. The normalized spacial score (nSPS) is 14.9. The van der Waals surface area contributed by atoms with Crippen LogP contribution in [0.15, 0.2) is 78.4 Å². The molecule has 0 saturated carbocycles. The fourth-order valence-electron chi connectivity index (χ4n) is 4.21. The zero-order chi connectivity index (χ0) is 20.5. The van der Waals surface area contributed by atoms with Gasteiger partial charge >= 0.3 is 0 Å². The number of rotatable bonds is 3. The molecule has 0 bridgehead atoms. The molecule has 0 N–H and O–H groups in total. The van der Waals surface area contributed by atoms with Crippen LogP contribution >= 0.6 is 0 Å². The van der Waals surface area contributed by atoms with Crippen molar-refractivity contribution in [2.75, 3.05) is 0 Å². The SMILES string of the molecule is Cc1c(C)c(C)c(/C=C2\C=C(c3ccccc3)C=C2c2ccccc2)c(C)c1C. The van der Waals surface area contributed by atoms with Gasteiger partial charge in [-0.3, -0.25) is 0 Å². The summed E-state index contributed by atoms with van der Waals surface area (Å²) in [7, 11) is 0. The van der Waals surface area contributed by atoms with Gasteiger partial charge < -0.3 is 0 Å². The van der Waals surface area contributed by atoms with E-state index in [4.69, 9.17) is 0 Å². The Labute approximate surface area is 174 Å². The average molecular weight is 377 g/mol. The van der Waals surface area contributed by atoms with Crippen LogP contribution in [0.2, 0.25) is 0 Å². The third kappa shape index (κ3) is 3.51. The van der Waals surface area contributed by atoms with Gasteiger partial charge in [-0.05, 0) is 114 Å². The molecule has 1 aliphatic carbocycles. The van der Waals surface area contributed by atoms with E-state index in [0.29, 0.717) is 0 Å². The average Bonchev–Trinajstić information content (AvgIpc) is 3.19. The second-order valence-corrected chi connectivity index (χ2v) is 8.03. The number of hydrogen-bond donors (Lipinski definition) is 0. The van der Waals surface area contributed by atoms with Crippen LogP contribution in [0.1, 0.15) is 44.5 Å². The van der Waals surface area contributed by atoms with E-state index in [1.807, 2.05) is 0 Å². The minimum absolute atomic E-state index is 1.26. The molecule has 0 aromatic heterocycles. The van der Waals surface area contributed by atoms with E-state index in [1.165, 1.54) is 61.2 Å². The molecular formula is C29H28. The Bertz CT molecular complexity index is 1120. The lowest BCUT2D eigenvalue weighted by Gasteiger charge is -2.17. The van der Waals surface area contributed by atoms with Crippen molar-refractivity contribution in [1.82, 2.24) is 0 Å². The Balaban J connectivity index is 1.92. The molecule has 3 aromatic carbocycles. The molecule has 0 amide bonds. The van der Waals surface area contributed by atoms with Crippen molar-refractivity contribution in [2.24, 2.45) is 0 Å². The summed E-state index contributed by atoms with van der Waals surface area (Å²) in [5.41, 5.74) is 14.7. The summed E-state index contributed by atoms with van der Waals surface area (Å²) >= 11 is 0. The van der Waals surface area contributed by atoms with Crippen LogP contribution in [0.4, 0.5) is 0 Å². The topological polar surface area (TPSA) is 0 Å². The molecule has 0 fully saturated rings. The third-order valence-corrected chi connectivity index (χ3v) is 6.47. The van der Waals surface area contributed by atoms with Crippen molar-refractivity contribution in [3.8, 4) is 0 Å². The number of benzene rings is 3. The second kappa shape index (κ2) is 7.72. The lowest BCUT2D eigenvalue weighted by atomic mass is 9.88. The van der Waals surface area contributed by atoms with Crippen molar-refractivity contribution in [1.29, 1.82) is 0 Å². The highest BCUT2D eigenvalue weighted by molar-refractivity contribution is 6.02. The molecule has 1 aliphatic rings. The van der Waals surface area contributed by atoms with Crippen molar-refractivity contribution < 1.29 is 0 Å². The van der Waals surface area contributed by atoms with Crippen LogP contribution in [0.5, 0.6) is 0 Å². The van der Waals surface area contributed by atoms with Gasteiger partial charge in [0.05, 0.1) is 0 Å². The van der Waals surface area contributed by atoms with E-state index in [2.05, 4.69) is 114 Å². The maximum atomic E-state index is 2.39. The summed E-state index contributed by atoms with van der Waals surface area (Å²) in [5, 5.41) is 0. The lowest BCUT2D eigenvalue weighted by molar-refractivity contribution is 1.16. The minimum atomic E-state index is 1.26. The first-order chi connectivity index (χ1) is 14.0.